The number of carboxylic acid groups (broad SMARTS) is 1. The highest BCUT2D eigenvalue weighted by atomic mass is 16.5. The predicted molar refractivity (Wildman–Crippen MR) is 82.6 cm³/mol. The van der Waals surface area contributed by atoms with Crippen molar-refractivity contribution >= 4 is 12.4 Å². The lowest BCUT2D eigenvalue weighted by Gasteiger charge is -2.26. The van der Waals surface area contributed by atoms with Crippen molar-refractivity contribution in [3.05, 3.63) is 29.8 Å². The Morgan fingerprint density at radius 3 is 2.73 bits per heavy atom. The second kappa shape index (κ2) is 7.29. The summed E-state index contributed by atoms with van der Waals surface area (Å²) in [5.41, 5.74) is 0.194. The molecule has 1 aromatic rings. The van der Waals surface area contributed by atoms with Gasteiger partial charge in [0, 0.05) is 0 Å². The molecule has 1 atom stereocenters. The minimum absolute atomic E-state index is 0.448. The van der Waals surface area contributed by atoms with Crippen molar-refractivity contribution in [3.63, 3.8) is 0 Å². The SMILES string of the molecule is C[C@](CC1CCCC1)(NC=O)C(=O)O.c1cc2cc(c1)OC2. The fourth-order valence-corrected chi connectivity index (χ4v) is 3.02. The molecule has 1 heterocycles. The molecule has 0 unspecified atom stereocenters. The largest absolute Gasteiger partial charge is 0.489 e. The molecule has 1 amide bonds. The zero-order valence-corrected chi connectivity index (χ0v) is 12.9. The third kappa shape index (κ3) is 4.23. The first-order valence-electron chi connectivity index (χ1n) is 7.70. The van der Waals surface area contributed by atoms with Gasteiger partial charge in [-0.1, -0.05) is 37.8 Å². The van der Waals surface area contributed by atoms with Crippen LogP contribution in [0.2, 0.25) is 0 Å². The van der Waals surface area contributed by atoms with Crippen LogP contribution in [0.5, 0.6) is 5.75 Å². The number of hydrogen-bond donors (Lipinski definition) is 2. The highest BCUT2D eigenvalue weighted by Crippen LogP contribution is 2.31. The summed E-state index contributed by atoms with van der Waals surface area (Å²) in [6.45, 7) is 2.34. The minimum Gasteiger partial charge on any atom is -0.489 e. The number of benzene rings is 1. The molecule has 1 aliphatic heterocycles. The van der Waals surface area contributed by atoms with E-state index in [4.69, 9.17) is 9.84 Å². The summed E-state index contributed by atoms with van der Waals surface area (Å²) in [7, 11) is 0. The molecule has 5 heteroatoms. The Hall–Kier alpha value is -2.04. The van der Waals surface area contributed by atoms with Crippen LogP contribution in [-0.4, -0.2) is 23.0 Å². The second-order valence-electron chi connectivity index (χ2n) is 6.19. The van der Waals surface area contributed by atoms with Crippen molar-refractivity contribution in [2.45, 2.75) is 51.2 Å². The van der Waals surface area contributed by atoms with Crippen molar-refractivity contribution in [3.8, 4) is 5.75 Å². The van der Waals surface area contributed by atoms with Gasteiger partial charge in [-0.3, -0.25) is 4.79 Å². The molecule has 1 aliphatic carbocycles. The van der Waals surface area contributed by atoms with Gasteiger partial charge in [0.2, 0.25) is 6.41 Å². The van der Waals surface area contributed by atoms with Gasteiger partial charge in [-0.2, -0.15) is 0 Å². The highest BCUT2D eigenvalue weighted by molar-refractivity contribution is 5.80. The van der Waals surface area contributed by atoms with Gasteiger partial charge < -0.3 is 15.2 Å². The molecule has 2 aliphatic rings. The molecule has 120 valence electrons. The van der Waals surface area contributed by atoms with Crippen LogP contribution in [0.15, 0.2) is 24.3 Å². The zero-order chi connectivity index (χ0) is 16.0. The van der Waals surface area contributed by atoms with E-state index in [1.165, 1.54) is 18.4 Å². The molecule has 3 rings (SSSR count). The number of rotatable bonds is 5. The number of nitrogens with one attached hydrogen (secondary N) is 1. The van der Waals surface area contributed by atoms with E-state index in [0.29, 0.717) is 18.7 Å². The Labute approximate surface area is 130 Å². The third-order valence-electron chi connectivity index (χ3n) is 4.33. The summed E-state index contributed by atoms with van der Waals surface area (Å²) in [5, 5.41) is 11.4. The summed E-state index contributed by atoms with van der Waals surface area (Å²) in [4.78, 5) is 21.3. The van der Waals surface area contributed by atoms with Crippen LogP contribution in [0.4, 0.5) is 0 Å². The van der Waals surface area contributed by atoms with Crippen molar-refractivity contribution in [1.29, 1.82) is 0 Å². The van der Waals surface area contributed by atoms with Gasteiger partial charge in [0.15, 0.2) is 0 Å². The van der Waals surface area contributed by atoms with Gasteiger partial charge in [-0.25, -0.2) is 4.79 Å². The smallest absolute Gasteiger partial charge is 0.329 e. The van der Waals surface area contributed by atoms with Crippen molar-refractivity contribution in [2.24, 2.45) is 5.92 Å². The molecule has 22 heavy (non-hydrogen) atoms. The number of carboxylic acids is 1. The standard InChI is InChI=1S/C10H17NO3.C7H6O/c1-10(9(13)14,11-7-12)6-8-4-2-3-5-8;1-2-6-4-7(3-1)8-5-6/h7-8H,2-6H2,1H3,(H,11,12)(H,13,14);1-4H,5H2/t10-;/m1./s1. The van der Waals surface area contributed by atoms with E-state index >= 15 is 0 Å². The van der Waals surface area contributed by atoms with Crippen LogP contribution >= 0.6 is 0 Å². The Morgan fingerprint density at radius 2 is 2.18 bits per heavy atom. The van der Waals surface area contributed by atoms with E-state index < -0.39 is 11.5 Å². The Bertz CT molecular complexity index is 506. The Balaban J connectivity index is 0.000000183. The summed E-state index contributed by atoms with van der Waals surface area (Å²) in [5.74, 6) is 0.502. The molecule has 1 saturated carbocycles. The number of carbonyl (C=O) groups is 2. The van der Waals surface area contributed by atoms with E-state index in [-0.39, 0.29) is 0 Å². The Morgan fingerprint density at radius 1 is 1.45 bits per heavy atom. The average molecular weight is 305 g/mol. The van der Waals surface area contributed by atoms with Crippen LogP contribution in [0.1, 0.15) is 44.6 Å². The summed E-state index contributed by atoms with van der Waals surface area (Å²) >= 11 is 0. The summed E-state index contributed by atoms with van der Waals surface area (Å²) in [6, 6.07) is 8.10. The number of carbonyl (C=O) groups excluding carboxylic acids is 1. The van der Waals surface area contributed by atoms with E-state index in [1.807, 2.05) is 12.1 Å². The molecule has 0 aromatic heterocycles. The molecule has 1 fully saturated rings. The number of ether oxygens (including phenoxy) is 1. The lowest BCUT2D eigenvalue weighted by molar-refractivity contribution is -0.146. The molecule has 1 aromatic carbocycles. The molecule has 0 radical (unpaired) electrons. The topological polar surface area (TPSA) is 75.6 Å². The van der Waals surface area contributed by atoms with E-state index in [1.54, 1.807) is 6.92 Å². The van der Waals surface area contributed by atoms with Gasteiger partial charge in [-0.15, -0.1) is 0 Å². The lowest BCUT2D eigenvalue weighted by Crippen LogP contribution is -2.49. The molecule has 5 nitrogen and oxygen atoms in total. The fourth-order valence-electron chi connectivity index (χ4n) is 3.02. The zero-order valence-electron chi connectivity index (χ0n) is 12.9. The van der Waals surface area contributed by atoms with Crippen LogP contribution in [-0.2, 0) is 16.2 Å². The number of fused-ring (bicyclic) bond motifs is 2. The van der Waals surface area contributed by atoms with Crippen LogP contribution in [0.25, 0.3) is 0 Å². The van der Waals surface area contributed by atoms with Crippen LogP contribution in [0.3, 0.4) is 0 Å². The predicted octanol–water partition coefficient (Wildman–Crippen LogP) is 2.74. The van der Waals surface area contributed by atoms with Gasteiger partial charge in [0.1, 0.15) is 17.9 Å². The highest BCUT2D eigenvalue weighted by Gasteiger charge is 2.35. The first-order valence-corrected chi connectivity index (χ1v) is 7.70. The quantitative estimate of drug-likeness (QED) is 0.820. The lowest BCUT2D eigenvalue weighted by atomic mass is 9.88. The average Bonchev–Trinajstić information content (AvgIpc) is 3.10. The maximum absolute atomic E-state index is 11.0. The van der Waals surface area contributed by atoms with Crippen molar-refractivity contribution in [1.82, 2.24) is 5.32 Å². The maximum atomic E-state index is 11.0. The summed E-state index contributed by atoms with van der Waals surface area (Å²) in [6.07, 6.45) is 5.56. The molecule has 2 bridgehead atoms. The third-order valence-corrected chi connectivity index (χ3v) is 4.33. The monoisotopic (exact) mass is 305 g/mol. The number of aliphatic carboxylic acids is 1. The number of amides is 1. The normalized spacial score (nSPS) is 18.6. The van der Waals surface area contributed by atoms with E-state index in [2.05, 4.69) is 17.4 Å². The van der Waals surface area contributed by atoms with Crippen molar-refractivity contribution in [2.75, 3.05) is 0 Å². The molecule has 0 spiro atoms. The van der Waals surface area contributed by atoms with E-state index in [0.717, 1.165) is 25.2 Å². The second-order valence-corrected chi connectivity index (χ2v) is 6.19. The summed E-state index contributed by atoms with van der Waals surface area (Å²) < 4.78 is 5.18. The number of hydrogen-bond acceptors (Lipinski definition) is 3. The first-order chi connectivity index (χ1) is 10.5. The molecular formula is C17H23NO4. The molecular weight excluding hydrogens is 282 g/mol. The van der Waals surface area contributed by atoms with Crippen molar-refractivity contribution < 1.29 is 19.4 Å². The van der Waals surface area contributed by atoms with Crippen LogP contribution < -0.4 is 10.1 Å². The fraction of sp³-hybridized carbons (Fsp3) is 0.529. The first kappa shape index (κ1) is 16.3. The van der Waals surface area contributed by atoms with Gasteiger partial charge in [0.05, 0.1) is 0 Å². The molecule has 2 N–H and O–H groups in total. The van der Waals surface area contributed by atoms with Crippen LogP contribution in [0, 0.1) is 5.92 Å². The molecule has 0 saturated heterocycles. The van der Waals surface area contributed by atoms with Gasteiger partial charge >= 0.3 is 5.97 Å². The van der Waals surface area contributed by atoms with Gasteiger partial charge in [0.25, 0.3) is 0 Å². The Kier molecular flexibility index (Phi) is 5.41. The van der Waals surface area contributed by atoms with Gasteiger partial charge in [-0.05, 0) is 37.0 Å². The van der Waals surface area contributed by atoms with E-state index in [9.17, 15) is 9.59 Å². The maximum Gasteiger partial charge on any atom is 0.329 e. The minimum atomic E-state index is -1.09.